The van der Waals surface area contributed by atoms with Crippen molar-refractivity contribution in [3.05, 3.63) is 48.0 Å². The Morgan fingerprint density at radius 3 is 2.75 bits per heavy atom. The van der Waals surface area contributed by atoms with Gasteiger partial charge in [-0.2, -0.15) is 0 Å². The molecule has 1 heterocycles. The van der Waals surface area contributed by atoms with Crippen LogP contribution in [0, 0.1) is 0 Å². The summed E-state index contributed by atoms with van der Waals surface area (Å²) in [5.41, 5.74) is 7.96. The number of hydrogen-bond donors (Lipinski definition) is 3. The molecule has 0 radical (unpaired) electrons. The van der Waals surface area contributed by atoms with E-state index < -0.39 is 5.97 Å². The number of carbonyl (C=O) groups is 1. The smallest absolute Gasteiger partial charge is 0.335 e. The molecule has 4 N–H and O–H groups in total. The van der Waals surface area contributed by atoms with Gasteiger partial charge in [0, 0.05) is 0 Å². The van der Waals surface area contributed by atoms with E-state index in [4.69, 9.17) is 10.8 Å². The summed E-state index contributed by atoms with van der Waals surface area (Å²) in [6.07, 6.45) is 0. The lowest BCUT2D eigenvalue weighted by molar-refractivity contribution is 0.0697. The summed E-state index contributed by atoms with van der Waals surface area (Å²) in [5.74, 6) is -0.997. The highest BCUT2D eigenvalue weighted by molar-refractivity contribution is 7.22. The molecule has 0 aliphatic heterocycles. The highest BCUT2D eigenvalue weighted by atomic mass is 32.1. The number of fused-ring (bicyclic) bond motifs is 1. The summed E-state index contributed by atoms with van der Waals surface area (Å²) < 4.78 is 1.08. The number of carboxylic acids is 1. The van der Waals surface area contributed by atoms with Gasteiger partial charge in [-0.25, -0.2) is 9.78 Å². The monoisotopic (exact) mass is 285 g/mol. The maximum Gasteiger partial charge on any atom is 0.335 e. The number of hydrogen-bond acceptors (Lipinski definition) is 5. The van der Waals surface area contributed by atoms with E-state index in [2.05, 4.69) is 10.3 Å². The molecule has 100 valence electrons. The average molecular weight is 285 g/mol. The zero-order valence-electron chi connectivity index (χ0n) is 10.3. The number of para-hydroxylation sites is 1. The molecule has 0 saturated carbocycles. The molecular weight excluding hydrogens is 274 g/mol. The van der Waals surface area contributed by atoms with Crippen molar-refractivity contribution in [3.63, 3.8) is 0 Å². The van der Waals surface area contributed by atoms with Crippen LogP contribution in [0.3, 0.4) is 0 Å². The van der Waals surface area contributed by atoms with Gasteiger partial charge in [-0.15, -0.1) is 0 Å². The highest BCUT2D eigenvalue weighted by Gasteiger charge is 2.08. The highest BCUT2D eigenvalue weighted by Crippen LogP contribution is 2.30. The number of rotatable bonds is 3. The third kappa shape index (κ3) is 2.28. The van der Waals surface area contributed by atoms with Crippen LogP contribution in [0.1, 0.15) is 10.4 Å². The molecule has 1 aromatic heterocycles. The van der Waals surface area contributed by atoms with Gasteiger partial charge in [0.15, 0.2) is 5.13 Å². The van der Waals surface area contributed by atoms with E-state index in [1.54, 1.807) is 6.07 Å². The number of nitrogen functional groups attached to an aromatic ring is 1. The van der Waals surface area contributed by atoms with Crippen LogP contribution in [-0.4, -0.2) is 16.1 Å². The van der Waals surface area contributed by atoms with Crippen LogP contribution in [-0.2, 0) is 0 Å². The normalized spacial score (nSPS) is 10.6. The minimum absolute atomic E-state index is 0.164. The third-order valence-corrected chi connectivity index (χ3v) is 3.79. The van der Waals surface area contributed by atoms with Crippen LogP contribution in [0.25, 0.3) is 10.2 Å². The van der Waals surface area contributed by atoms with Crippen LogP contribution in [0.2, 0.25) is 0 Å². The number of nitrogens with two attached hydrogens (primary N) is 1. The number of thiazole rings is 1. The average Bonchev–Trinajstić information content (AvgIpc) is 2.83. The molecule has 0 amide bonds. The van der Waals surface area contributed by atoms with Crippen LogP contribution >= 0.6 is 11.3 Å². The van der Waals surface area contributed by atoms with Crippen molar-refractivity contribution in [3.8, 4) is 0 Å². The van der Waals surface area contributed by atoms with E-state index in [1.807, 2.05) is 24.3 Å². The van der Waals surface area contributed by atoms with Crippen LogP contribution in [0.5, 0.6) is 0 Å². The van der Waals surface area contributed by atoms with E-state index >= 15 is 0 Å². The SMILES string of the molecule is Nc1cc(C(=O)O)ccc1Nc1nc2ccccc2s1. The predicted molar refractivity (Wildman–Crippen MR) is 80.7 cm³/mol. The van der Waals surface area contributed by atoms with Gasteiger partial charge in [-0.3, -0.25) is 0 Å². The van der Waals surface area contributed by atoms with Gasteiger partial charge in [0.25, 0.3) is 0 Å². The van der Waals surface area contributed by atoms with Crippen LogP contribution in [0.4, 0.5) is 16.5 Å². The summed E-state index contributed by atoms with van der Waals surface area (Å²) in [6, 6.07) is 12.4. The zero-order chi connectivity index (χ0) is 14.1. The van der Waals surface area contributed by atoms with E-state index in [0.29, 0.717) is 11.4 Å². The molecule has 0 saturated heterocycles. The summed E-state index contributed by atoms with van der Waals surface area (Å²) in [7, 11) is 0. The fraction of sp³-hybridized carbons (Fsp3) is 0. The Hall–Kier alpha value is -2.60. The number of nitrogens with zero attached hydrogens (tertiary/aromatic N) is 1. The number of nitrogens with one attached hydrogen (secondary N) is 1. The second-order valence-electron chi connectivity index (χ2n) is 4.22. The summed E-state index contributed by atoms with van der Waals surface area (Å²) >= 11 is 1.52. The molecule has 0 atom stereocenters. The van der Waals surface area contributed by atoms with Gasteiger partial charge in [-0.1, -0.05) is 23.5 Å². The van der Waals surface area contributed by atoms with Crippen molar-refractivity contribution in [1.82, 2.24) is 4.98 Å². The molecule has 0 spiro atoms. The summed E-state index contributed by atoms with van der Waals surface area (Å²) in [6.45, 7) is 0. The van der Waals surface area contributed by atoms with Gasteiger partial charge >= 0.3 is 5.97 Å². The fourth-order valence-electron chi connectivity index (χ4n) is 1.85. The number of benzene rings is 2. The number of aromatic nitrogens is 1. The first-order valence-electron chi connectivity index (χ1n) is 5.89. The second kappa shape index (κ2) is 4.82. The lowest BCUT2D eigenvalue weighted by Crippen LogP contribution is -2.01. The van der Waals surface area contributed by atoms with E-state index in [1.165, 1.54) is 23.5 Å². The number of anilines is 3. The van der Waals surface area contributed by atoms with Gasteiger partial charge < -0.3 is 16.2 Å². The summed E-state index contributed by atoms with van der Waals surface area (Å²) in [5, 5.41) is 12.7. The molecular formula is C14H11N3O2S. The number of carboxylic acid groups (broad SMARTS) is 1. The molecule has 0 aliphatic rings. The Labute approximate surface area is 118 Å². The van der Waals surface area contributed by atoms with E-state index in [-0.39, 0.29) is 5.56 Å². The number of aromatic carboxylic acids is 1. The van der Waals surface area contributed by atoms with Crippen molar-refractivity contribution in [1.29, 1.82) is 0 Å². The topological polar surface area (TPSA) is 88.2 Å². The standard InChI is InChI=1S/C14H11N3O2S/c15-9-7-8(13(18)19)5-6-10(9)16-14-17-11-3-1-2-4-12(11)20-14/h1-7H,15H2,(H,16,17)(H,18,19). The Morgan fingerprint density at radius 1 is 1.25 bits per heavy atom. The third-order valence-electron chi connectivity index (χ3n) is 2.83. The first-order chi connectivity index (χ1) is 9.63. The first-order valence-corrected chi connectivity index (χ1v) is 6.70. The van der Waals surface area contributed by atoms with Crippen molar-refractivity contribution in [2.24, 2.45) is 0 Å². The largest absolute Gasteiger partial charge is 0.478 e. The molecule has 20 heavy (non-hydrogen) atoms. The van der Waals surface area contributed by atoms with Crippen molar-refractivity contribution >= 4 is 44.0 Å². The van der Waals surface area contributed by atoms with Gasteiger partial charge in [0.1, 0.15) is 0 Å². The Morgan fingerprint density at radius 2 is 2.05 bits per heavy atom. The maximum absolute atomic E-state index is 10.9. The van der Waals surface area contributed by atoms with Gasteiger partial charge in [0.2, 0.25) is 0 Å². The van der Waals surface area contributed by atoms with Crippen molar-refractivity contribution in [2.45, 2.75) is 0 Å². The van der Waals surface area contributed by atoms with Gasteiger partial charge in [-0.05, 0) is 30.3 Å². The van der Waals surface area contributed by atoms with E-state index in [9.17, 15) is 4.79 Å². The minimum atomic E-state index is -0.997. The fourth-order valence-corrected chi connectivity index (χ4v) is 2.73. The molecule has 0 bridgehead atoms. The Kier molecular flexibility index (Phi) is 3.00. The lowest BCUT2D eigenvalue weighted by atomic mass is 10.2. The van der Waals surface area contributed by atoms with Crippen LogP contribution < -0.4 is 11.1 Å². The van der Waals surface area contributed by atoms with Crippen molar-refractivity contribution < 1.29 is 9.90 Å². The molecule has 3 aromatic rings. The molecule has 6 heteroatoms. The Balaban J connectivity index is 1.92. The second-order valence-corrected chi connectivity index (χ2v) is 5.25. The predicted octanol–water partition coefficient (Wildman–Crippen LogP) is 3.32. The van der Waals surface area contributed by atoms with Crippen LogP contribution in [0.15, 0.2) is 42.5 Å². The Bertz CT molecular complexity index is 765. The maximum atomic E-state index is 10.9. The molecule has 0 fully saturated rings. The zero-order valence-corrected chi connectivity index (χ0v) is 11.1. The molecule has 3 rings (SSSR count). The molecule has 5 nitrogen and oxygen atoms in total. The first kappa shape index (κ1) is 12.4. The quantitative estimate of drug-likeness (QED) is 0.642. The summed E-state index contributed by atoms with van der Waals surface area (Å²) in [4.78, 5) is 15.3. The minimum Gasteiger partial charge on any atom is -0.478 e. The molecule has 0 unspecified atom stereocenters. The van der Waals surface area contributed by atoms with E-state index in [0.717, 1.165) is 15.3 Å². The lowest BCUT2D eigenvalue weighted by Gasteiger charge is -2.06. The molecule has 0 aliphatic carbocycles. The molecule has 2 aromatic carbocycles. The van der Waals surface area contributed by atoms with Gasteiger partial charge in [0.05, 0.1) is 27.2 Å². The van der Waals surface area contributed by atoms with Crippen molar-refractivity contribution in [2.75, 3.05) is 11.1 Å².